The number of carbonyl (C=O) groups excluding carboxylic acids is 1. The maximum atomic E-state index is 13.2. The van der Waals surface area contributed by atoms with Crippen molar-refractivity contribution in [3.05, 3.63) is 51.8 Å². The van der Waals surface area contributed by atoms with E-state index >= 15 is 0 Å². The van der Waals surface area contributed by atoms with E-state index < -0.39 is 0 Å². The lowest BCUT2D eigenvalue weighted by atomic mass is 9.78. The summed E-state index contributed by atoms with van der Waals surface area (Å²) in [5, 5.41) is 4.23. The topological polar surface area (TPSA) is 42.0 Å². The second-order valence-corrected chi connectivity index (χ2v) is 9.99. The fourth-order valence-electron chi connectivity index (χ4n) is 3.97. The number of nitrogens with one attached hydrogen (secondary N) is 1. The van der Waals surface area contributed by atoms with Crippen LogP contribution in [0.4, 0.5) is 0 Å². The third kappa shape index (κ3) is 3.81. The van der Waals surface area contributed by atoms with Gasteiger partial charge in [0.2, 0.25) is 0 Å². The van der Waals surface area contributed by atoms with Crippen LogP contribution in [-0.2, 0) is 0 Å². The molecule has 27 heavy (non-hydrogen) atoms. The van der Waals surface area contributed by atoms with Crippen molar-refractivity contribution in [1.82, 2.24) is 10.3 Å². The van der Waals surface area contributed by atoms with Crippen LogP contribution in [0.5, 0.6) is 0 Å². The highest BCUT2D eigenvalue weighted by Gasteiger charge is 2.29. The number of thiophene rings is 1. The molecule has 0 bridgehead atoms. The average Bonchev–Trinajstić information content (AvgIpc) is 3.11. The second-order valence-electron chi connectivity index (χ2n) is 7.52. The first-order valence-electron chi connectivity index (χ1n) is 9.49. The molecule has 4 rings (SSSR count). The number of nitrogens with zero attached hydrogens (tertiary/aromatic N) is 1. The Labute approximate surface area is 172 Å². The molecule has 3 nitrogen and oxygen atoms in total. The predicted molar refractivity (Wildman–Crippen MR) is 116 cm³/mol. The third-order valence-electron chi connectivity index (χ3n) is 5.81. The Morgan fingerprint density at radius 1 is 1.19 bits per heavy atom. The van der Waals surface area contributed by atoms with Gasteiger partial charge in [-0.1, -0.05) is 44.9 Å². The van der Waals surface area contributed by atoms with Gasteiger partial charge in [-0.25, -0.2) is 4.98 Å². The summed E-state index contributed by atoms with van der Waals surface area (Å²) in [7, 11) is 0. The lowest BCUT2D eigenvalue weighted by molar-refractivity contribution is 0.0892. The number of amides is 1. The molecule has 140 valence electrons. The lowest BCUT2D eigenvalue weighted by Gasteiger charge is -2.34. The molecule has 1 N–H and O–H groups in total. The standard InChI is InChI=1S/C22H23BrN2OS/c1-13-6-5-9-17(14(13)2)25-22(26)16-12-19(20-10-11-21(23)27-20)24-18-8-4-3-7-15(16)18/h3-4,7-8,10-14,17H,5-6,9H2,1-2H3,(H,25,26)/t13-,14-,17-/m1/s1. The molecule has 1 fully saturated rings. The molecule has 1 aliphatic rings. The number of hydrogen-bond acceptors (Lipinski definition) is 3. The SMILES string of the molecule is C[C@@H]1[C@H](C)CCC[C@H]1NC(=O)c1cc(-c2ccc(Br)s2)nc2ccccc12. The van der Waals surface area contributed by atoms with Gasteiger partial charge in [0, 0.05) is 11.4 Å². The fraction of sp³-hybridized carbons (Fsp3) is 0.364. The summed E-state index contributed by atoms with van der Waals surface area (Å²) in [6.07, 6.45) is 3.50. The molecular weight excluding hydrogens is 420 g/mol. The highest BCUT2D eigenvalue weighted by atomic mass is 79.9. The molecule has 0 radical (unpaired) electrons. The summed E-state index contributed by atoms with van der Waals surface area (Å²) in [5.41, 5.74) is 2.42. The first-order chi connectivity index (χ1) is 13.0. The molecule has 5 heteroatoms. The molecule has 3 atom stereocenters. The van der Waals surface area contributed by atoms with Crippen molar-refractivity contribution in [3.8, 4) is 10.6 Å². The van der Waals surface area contributed by atoms with Crippen LogP contribution in [0.15, 0.2) is 46.3 Å². The quantitative estimate of drug-likeness (QED) is 0.518. The minimum absolute atomic E-state index is 0.0106. The second kappa shape index (κ2) is 7.72. The number of aromatic nitrogens is 1. The van der Waals surface area contributed by atoms with E-state index in [9.17, 15) is 4.79 Å². The Kier molecular flexibility index (Phi) is 5.33. The monoisotopic (exact) mass is 442 g/mol. The Morgan fingerprint density at radius 2 is 2.00 bits per heavy atom. The molecular formula is C22H23BrN2OS. The van der Waals surface area contributed by atoms with E-state index in [0.29, 0.717) is 17.4 Å². The first kappa shape index (κ1) is 18.6. The largest absolute Gasteiger partial charge is 0.349 e. The maximum absolute atomic E-state index is 13.2. The van der Waals surface area contributed by atoms with Gasteiger partial charge in [-0.3, -0.25) is 4.79 Å². The third-order valence-corrected chi connectivity index (χ3v) is 7.46. The minimum Gasteiger partial charge on any atom is -0.349 e. The molecule has 1 saturated carbocycles. The summed E-state index contributed by atoms with van der Waals surface area (Å²) in [4.78, 5) is 19.1. The van der Waals surface area contributed by atoms with Crippen molar-refractivity contribution in [2.24, 2.45) is 11.8 Å². The average molecular weight is 443 g/mol. The van der Waals surface area contributed by atoms with Crippen LogP contribution >= 0.6 is 27.3 Å². The Hall–Kier alpha value is -1.72. The highest BCUT2D eigenvalue weighted by Crippen LogP contribution is 2.33. The number of benzene rings is 1. The number of rotatable bonds is 3. The molecule has 2 aromatic heterocycles. The molecule has 3 aromatic rings. The van der Waals surface area contributed by atoms with Gasteiger partial charge in [0.1, 0.15) is 0 Å². The van der Waals surface area contributed by atoms with Crippen LogP contribution in [0.2, 0.25) is 0 Å². The summed E-state index contributed by atoms with van der Waals surface area (Å²) in [6.45, 7) is 4.55. The first-order valence-corrected chi connectivity index (χ1v) is 11.1. The molecule has 0 saturated heterocycles. The van der Waals surface area contributed by atoms with Crippen molar-refractivity contribution < 1.29 is 4.79 Å². The molecule has 1 aromatic carbocycles. The number of fused-ring (bicyclic) bond motifs is 1. The number of pyridine rings is 1. The summed E-state index contributed by atoms with van der Waals surface area (Å²) < 4.78 is 1.06. The number of halogens is 1. The van der Waals surface area contributed by atoms with Crippen molar-refractivity contribution in [1.29, 1.82) is 0 Å². The smallest absolute Gasteiger partial charge is 0.252 e. The van der Waals surface area contributed by atoms with Gasteiger partial charge in [0.25, 0.3) is 5.91 Å². The highest BCUT2D eigenvalue weighted by molar-refractivity contribution is 9.11. The van der Waals surface area contributed by atoms with Gasteiger partial charge in [0.15, 0.2) is 0 Å². The summed E-state index contributed by atoms with van der Waals surface area (Å²) in [5.74, 6) is 1.16. The fourth-order valence-corrected chi connectivity index (χ4v) is 5.32. The van der Waals surface area contributed by atoms with Gasteiger partial charge in [-0.05, 0) is 58.5 Å². The van der Waals surface area contributed by atoms with E-state index in [4.69, 9.17) is 4.98 Å². The molecule has 1 aliphatic carbocycles. The maximum Gasteiger partial charge on any atom is 0.252 e. The predicted octanol–water partition coefficient (Wildman–Crippen LogP) is 6.28. The summed E-state index contributed by atoms with van der Waals surface area (Å²) in [6, 6.07) is 14.1. The van der Waals surface area contributed by atoms with Gasteiger partial charge >= 0.3 is 0 Å². The zero-order valence-electron chi connectivity index (χ0n) is 15.5. The van der Waals surface area contributed by atoms with Crippen molar-refractivity contribution >= 4 is 44.1 Å². The minimum atomic E-state index is 0.0106. The molecule has 1 amide bonds. The van der Waals surface area contributed by atoms with Crippen LogP contribution in [0.25, 0.3) is 21.5 Å². The number of hydrogen-bond donors (Lipinski definition) is 1. The van der Waals surface area contributed by atoms with E-state index in [2.05, 4.69) is 35.1 Å². The van der Waals surface area contributed by atoms with Gasteiger partial charge < -0.3 is 5.32 Å². The molecule has 0 spiro atoms. The van der Waals surface area contributed by atoms with E-state index in [1.165, 1.54) is 12.8 Å². The van der Waals surface area contributed by atoms with Crippen LogP contribution in [0, 0.1) is 11.8 Å². The number of carbonyl (C=O) groups is 1. The van der Waals surface area contributed by atoms with Crippen LogP contribution in [0.3, 0.4) is 0 Å². The van der Waals surface area contributed by atoms with Gasteiger partial charge in [-0.2, -0.15) is 0 Å². The van der Waals surface area contributed by atoms with Crippen LogP contribution in [0.1, 0.15) is 43.5 Å². The Balaban J connectivity index is 1.72. The zero-order chi connectivity index (χ0) is 19.0. The summed E-state index contributed by atoms with van der Waals surface area (Å²) >= 11 is 5.14. The Morgan fingerprint density at radius 3 is 2.78 bits per heavy atom. The Bertz CT molecular complexity index is 983. The molecule has 2 heterocycles. The van der Waals surface area contributed by atoms with Crippen molar-refractivity contribution in [3.63, 3.8) is 0 Å². The van der Waals surface area contributed by atoms with Crippen molar-refractivity contribution in [2.45, 2.75) is 39.2 Å². The zero-order valence-corrected chi connectivity index (χ0v) is 17.9. The lowest BCUT2D eigenvalue weighted by Crippen LogP contribution is -2.43. The molecule has 0 aliphatic heterocycles. The van der Waals surface area contributed by atoms with E-state index in [1.807, 2.05) is 42.5 Å². The van der Waals surface area contributed by atoms with Gasteiger partial charge in [-0.15, -0.1) is 11.3 Å². The van der Waals surface area contributed by atoms with E-state index in [1.54, 1.807) is 11.3 Å². The van der Waals surface area contributed by atoms with Gasteiger partial charge in [0.05, 0.1) is 25.4 Å². The van der Waals surface area contributed by atoms with E-state index in [-0.39, 0.29) is 11.9 Å². The van der Waals surface area contributed by atoms with E-state index in [0.717, 1.165) is 31.7 Å². The molecule has 0 unspecified atom stereocenters. The van der Waals surface area contributed by atoms with Crippen LogP contribution in [-0.4, -0.2) is 16.9 Å². The van der Waals surface area contributed by atoms with Crippen LogP contribution < -0.4 is 5.32 Å². The number of para-hydroxylation sites is 1. The normalized spacial score (nSPS) is 22.7. The van der Waals surface area contributed by atoms with Crippen molar-refractivity contribution in [2.75, 3.05) is 0 Å².